The Labute approximate surface area is 126 Å². The quantitative estimate of drug-likeness (QED) is 0.828. The maximum Gasteiger partial charge on any atom is 0.407 e. The van der Waals surface area contributed by atoms with E-state index in [9.17, 15) is 14.7 Å². The Morgan fingerprint density at radius 2 is 2.09 bits per heavy atom. The van der Waals surface area contributed by atoms with Crippen molar-refractivity contribution in [1.29, 1.82) is 0 Å². The number of hydrogen-bond acceptors (Lipinski definition) is 4. The van der Waals surface area contributed by atoms with Gasteiger partial charge < -0.3 is 19.7 Å². The molecule has 0 unspecified atom stereocenters. The summed E-state index contributed by atoms with van der Waals surface area (Å²) >= 11 is 0. The third-order valence-electron chi connectivity index (χ3n) is 4.32. The Morgan fingerprint density at radius 3 is 2.73 bits per heavy atom. The van der Waals surface area contributed by atoms with Crippen LogP contribution in [0, 0.1) is 0 Å². The fraction of sp³-hybridized carbons (Fsp3) is 0.500. The van der Waals surface area contributed by atoms with Gasteiger partial charge >= 0.3 is 6.09 Å². The van der Waals surface area contributed by atoms with Gasteiger partial charge in [0.2, 0.25) is 0 Å². The highest BCUT2D eigenvalue weighted by Crippen LogP contribution is 2.24. The first-order chi connectivity index (χ1) is 10.4. The van der Waals surface area contributed by atoms with Crippen LogP contribution in [-0.2, 0) is 13.6 Å². The van der Waals surface area contributed by atoms with Gasteiger partial charge in [0.15, 0.2) is 0 Å². The predicted molar refractivity (Wildman–Crippen MR) is 78.8 cm³/mol. The van der Waals surface area contributed by atoms with Crippen molar-refractivity contribution in [1.82, 2.24) is 19.2 Å². The van der Waals surface area contributed by atoms with Crippen molar-refractivity contribution in [2.24, 2.45) is 7.05 Å². The first-order valence-corrected chi connectivity index (χ1v) is 7.11. The van der Waals surface area contributed by atoms with E-state index >= 15 is 0 Å². The maximum absolute atomic E-state index is 12.4. The second-order valence-corrected chi connectivity index (χ2v) is 5.81. The van der Waals surface area contributed by atoms with E-state index in [0.29, 0.717) is 18.2 Å². The minimum absolute atomic E-state index is 0.157. The number of hydrogen-bond donors (Lipinski definition) is 2. The normalized spacial score (nSPS) is 17.8. The Balaban J connectivity index is 1.83. The van der Waals surface area contributed by atoms with E-state index in [0.717, 1.165) is 5.52 Å². The average molecular weight is 306 g/mol. The van der Waals surface area contributed by atoms with Gasteiger partial charge in [0.25, 0.3) is 5.56 Å². The SMILES string of the molecule is Cn1ncc2c(=O)n(CC3(O)CCN(C(=O)O)CC3)ccc21. The summed E-state index contributed by atoms with van der Waals surface area (Å²) in [4.78, 5) is 24.6. The summed E-state index contributed by atoms with van der Waals surface area (Å²) < 4.78 is 3.10. The molecular weight excluding hydrogens is 288 g/mol. The largest absolute Gasteiger partial charge is 0.465 e. The maximum atomic E-state index is 12.4. The lowest BCUT2D eigenvalue weighted by molar-refractivity contribution is -0.0302. The van der Waals surface area contributed by atoms with Crippen molar-refractivity contribution in [3.63, 3.8) is 0 Å². The van der Waals surface area contributed by atoms with Crippen molar-refractivity contribution in [2.75, 3.05) is 13.1 Å². The van der Waals surface area contributed by atoms with Gasteiger partial charge in [-0.05, 0) is 18.9 Å². The van der Waals surface area contributed by atoms with Crippen LogP contribution in [0.2, 0.25) is 0 Å². The number of carbonyl (C=O) groups is 1. The zero-order chi connectivity index (χ0) is 15.9. The predicted octanol–water partition coefficient (Wildman–Crippen LogP) is 0.240. The molecule has 8 nitrogen and oxygen atoms in total. The van der Waals surface area contributed by atoms with E-state index in [2.05, 4.69) is 5.10 Å². The van der Waals surface area contributed by atoms with Crippen LogP contribution < -0.4 is 5.56 Å². The standard InChI is InChI=1S/C14H18N4O4/c1-16-11-2-5-18(12(19)10(11)8-15-16)9-14(22)3-6-17(7-4-14)13(20)21/h2,5,8,22H,3-4,6-7,9H2,1H3,(H,20,21). The van der Waals surface area contributed by atoms with E-state index in [4.69, 9.17) is 5.11 Å². The highest BCUT2D eigenvalue weighted by molar-refractivity contribution is 5.77. The molecule has 2 aromatic rings. The summed E-state index contributed by atoms with van der Waals surface area (Å²) in [6.45, 7) is 0.704. The van der Waals surface area contributed by atoms with E-state index in [1.807, 2.05) is 0 Å². The summed E-state index contributed by atoms with van der Waals surface area (Å²) in [5.41, 5.74) is -0.514. The van der Waals surface area contributed by atoms with Crippen LogP contribution in [-0.4, -0.2) is 54.2 Å². The van der Waals surface area contributed by atoms with Gasteiger partial charge in [0.1, 0.15) is 0 Å². The second-order valence-electron chi connectivity index (χ2n) is 5.81. The molecule has 0 aliphatic carbocycles. The van der Waals surface area contributed by atoms with Crippen LogP contribution in [0.15, 0.2) is 23.3 Å². The molecule has 8 heteroatoms. The highest BCUT2D eigenvalue weighted by Gasteiger charge is 2.34. The molecule has 1 saturated heterocycles. The Morgan fingerprint density at radius 1 is 1.41 bits per heavy atom. The lowest BCUT2D eigenvalue weighted by Crippen LogP contribution is -2.49. The van der Waals surface area contributed by atoms with Gasteiger partial charge in [0.05, 0.1) is 29.2 Å². The van der Waals surface area contributed by atoms with Crippen molar-refractivity contribution < 1.29 is 15.0 Å². The number of amides is 1. The lowest BCUT2D eigenvalue weighted by atomic mass is 9.91. The third kappa shape index (κ3) is 2.45. The van der Waals surface area contributed by atoms with Crippen molar-refractivity contribution in [3.8, 4) is 0 Å². The molecule has 3 rings (SSSR count). The van der Waals surface area contributed by atoms with E-state index < -0.39 is 11.7 Å². The van der Waals surface area contributed by atoms with Gasteiger partial charge in [-0.2, -0.15) is 5.10 Å². The molecule has 0 spiro atoms. The van der Waals surface area contributed by atoms with Crippen molar-refractivity contribution in [3.05, 3.63) is 28.8 Å². The molecule has 0 bridgehead atoms. The molecule has 1 aliphatic heterocycles. The summed E-state index contributed by atoms with van der Waals surface area (Å²) in [6.07, 6.45) is 2.82. The number of likely N-dealkylation sites (tertiary alicyclic amines) is 1. The smallest absolute Gasteiger partial charge is 0.407 e. The Kier molecular flexibility index (Phi) is 3.40. The number of aryl methyl sites for hydroxylation is 1. The molecule has 1 fully saturated rings. The number of pyridine rings is 1. The van der Waals surface area contributed by atoms with Crippen LogP contribution in [0.5, 0.6) is 0 Å². The van der Waals surface area contributed by atoms with E-state index in [1.54, 1.807) is 24.0 Å². The van der Waals surface area contributed by atoms with E-state index in [1.165, 1.54) is 15.7 Å². The molecule has 2 aromatic heterocycles. The van der Waals surface area contributed by atoms with Gasteiger partial charge in [-0.15, -0.1) is 0 Å². The zero-order valence-electron chi connectivity index (χ0n) is 12.3. The topological polar surface area (TPSA) is 101 Å². The number of carboxylic acid groups (broad SMARTS) is 1. The van der Waals surface area contributed by atoms with Gasteiger partial charge in [-0.3, -0.25) is 9.48 Å². The fourth-order valence-electron chi connectivity index (χ4n) is 2.91. The molecule has 22 heavy (non-hydrogen) atoms. The van der Waals surface area contributed by atoms with E-state index in [-0.39, 0.29) is 25.2 Å². The monoisotopic (exact) mass is 306 g/mol. The van der Waals surface area contributed by atoms with Gasteiger partial charge in [-0.25, -0.2) is 4.79 Å². The van der Waals surface area contributed by atoms with Crippen molar-refractivity contribution >= 4 is 17.0 Å². The molecule has 1 amide bonds. The van der Waals surface area contributed by atoms with Crippen molar-refractivity contribution in [2.45, 2.75) is 25.0 Å². The number of rotatable bonds is 2. The van der Waals surface area contributed by atoms with Crippen LogP contribution in [0.4, 0.5) is 4.79 Å². The molecule has 0 atom stereocenters. The molecule has 3 heterocycles. The summed E-state index contributed by atoms with van der Waals surface area (Å²) in [5.74, 6) is 0. The molecule has 118 valence electrons. The fourth-order valence-corrected chi connectivity index (χ4v) is 2.91. The van der Waals surface area contributed by atoms with Crippen LogP contribution >= 0.6 is 0 Å². The minimum atomic E-state index is -1.06. The van der Waals surface area contributed by atoms with Crippen LogP contribution in [0.3, 0.4) is 0 Å². The number of nitrogens with zero attached hydrogens (tertiary/aromatic N) is 4. The average Bonchev–Trinajstić information content (AvgIpc) is 2.84. The van der Waals surface area contributed by atoms with Crippen LogP contribution in [0.1, 0.15) is 12.8 Å². The molecule has 2 N–H and O–H groups in total. The number of aromatic nitrogens is 3. The lowest BCUT2D eigenvalue weighted by Gasteiger charge is -2.37. The van der Waals surface area contributed by atoms with Crippen LogP contribution in [0.25, 0.3) is 10.9 Å². The summed E-state index contributed by atoms with van der Waals surface area (Å²) in [6, 6.07) is 1.79. The minimum Gasteiger partial charge on any atom is -0.465 e. The molecule has 0 saturated carbocycles. The first-order valence-electron chi connectivity index (χ1n) is 7.11. The number of fused-ring (bicyclic) bond motifs is 1. The number of aliphatic hydroxyl groups is 1. The Hall–Kier alpha value is -2.35. The number of piperidine rings is 1. The highest BCUT2D eigenvalue weighted by atomic mass is 16.4. The third-order valence-corrected chi connectivity index (χ3v) is 4.32. The van der Waals surface area contributed by atoms with Gasteiger partial charge in [-0.1, -0.05) is 0 Å². The molecular formula is C14H18N4O4. The molecule has 1 aliphatic rings. The second kappa shape index (κ2) is 5.13. The Bertz CT molecular complexity index is 771. The zero-order valence-corrected chi connectivity index (χ0v) is 12.3. The summed E-state index contributed by atoms with van der Waals surface area (Å²) in [5, 5.41) is 24.1. The first kappa shape index (κ1) is 14.6. The van der Waals surface area contributed by atoms with Gasteiger partial charge in [0, 0.05) is 26.3 Å². The molecule has 0 radical (unpaired) electrons. The molecule has 0 aromatic carbocycles. The summed E-state index contributed by atoms with van der Waals surface area (Å²) in [7, 11) is 1.77.